The van der Waals surface area contributed by atoms with Crippen molar-refractivity contribution in [3.63, 3.8) is 0 Å². The van der Waals surface area contributed by atoms with Crippen LogP contribution >= 0.6 is 0 Å². The summed E-state index contributed by atoms with van der Waals surface area (Å²) in [6, 6.07) is 5.44. The molecule has 1 aliphatic heterocycles. The standard InChI is InChI=1S/C24H28F3N5O2/c1-13(17-9-16(28)10-19(22(17)25)23(26)27)29-24-18-11-21(33-3)15(8-20(18)30-14(2)31-24)12-32-4-6-34-7-5-32/h8-11,13,23H,4-7,12,28H2,1-3H3,(H,29,30,31). The molecular formula is C24H28F3N5O2. The normalized spacial score (nSPS) is 15.6. The van der Waals surface area contributed by atoms with Crippen LogP contribution in [0.15, 0.2) is 24.3 Å². The molecule has 34 heavy (non-hydrogen) atoms. The second kappa shape index (κ2) is 10.0. The van der Waals surface area contributed by atoms with Crippen molar-refractivity contribution < 1.29 is 22.6 Å². The third-order valence-corrected chi connectivity index (χ3v) is 5.91. The number of anilines is 2. The molecule has 0 bridgehead atoms. The van der Waals surface area contributed by atoms with Gasteiger partial charge in [0.05, 0.1) is 37.4 Å². The Morgan fingerprint density at radius 2 is 1.85 bits per heavy atom. The van der Waals surface area contributed by atoms with Crippen molar-refractivity contribution in [2.75, 3.05) is 44.5 Å². The molecular weight excluding hydrogens is 447 g/mol. The van der Waals surface area contributed by atoms with Gasteiger partial charge in [-0.2, -0.15) is 0 Å². The van der Waals surface area contributed by atoms with E-state index >= 15 is 0 Å². The van der Waals surface area contributed by atoms with Crippen molar-refractivity contribution in [2.45, 2.75) is 32.9 Å². The lowest BCUT2D eigenvalue weighted by atomic mass is 10.0. The Morgan fingerprint density at radius 3 is 2.53 bits per heavy atom. The predicted octanol–water partition coefficient (Wildman–Crippen LogP) is 4.61. The summed E-state index contributed by atoms with van der Waals surface area (Å²) in [5.41, 5.74) is 6.83. The number of nitrogens with zero attached hydrogens (tertiary/aromatic N) is 3. The van der Waals surface area contributed by atoms with Crippen LogP contribution in [0.2, 0.25) is 0 Å². The van der Waals surface area contributed by atoms with Gasteiger partial charge in [0.1, 0.15) is 23.2 Å². The number of ether oxygens (including phenoxy) is 2. The highest BCUT2D eigenvalue weighted by molar-refractivity contribution is 5.91. The van der Waals surface area contributed by atoms with Gasteiger partial charge in [0.15, 0.2) is 0 Å². The minimum atomic E-state index is -2.97. The van der Waals surface area contributed by atoms with Crippen molar-refractivity contribution in [3.8, 4) is 5.75 Å². The van der Waals surface area contributed by atoms with E-state index in [1.165, 1.54) is 6.07 Å². The van der Waals surface area contributed by atoms with Crippen LogP contribution in [0.5, 0.6) is 5.75 Å². The number of halogens is 3. The molecule has 1 aliphatic rings. The zero-order chi connectivity index (χ0) is 24.4. The third kappa shape index (κ3) is 5.02. The number of hydrogen-bond acceptors (Lipinski definition) is 7. The van der Waals surface area contributed by atoms with Crippen molar-refractivity contribution in [1.82, 2.24) is 14.9 Å². The molecule has 0 saturated carbocycles. The van der Waals surface area contributed by atoms with Crippen molar-refractivity contribution in [3.05, 3.63) is 52.6 Å². The highest BCUT2D eigenvalue weighted by Gasteiger charge is 2.22. The summed E-state index contributed by atoms with van der Waals surface area (Å²) in [6.07, 6.45) is -2.97. The third-order valence-electron chi connectivity index (χ3n) is 5.91. The van der Waals surface area contributed by atoms with Gasteiger partial charge in [-0.1, -0.05) is 0 Å². The first kappa shape index (κ1) is 24.0. The number of fused-ring (bicyclic) bond motifs is 1. The first-order valence-electron chi connectivity index (χ1n) is 11.1. The van der Waals surface area contributed by atoms with E-state index in [-0.39, 0.29) is 11.3 Å². The largest absolute Gasteiger partial charge is 0.496 e. The summed E-state index contributed by atoms with van der Waals surface area (Å²) in [5.74, 6) is 0.666. The molecule has 10 heteroatoms. The number of hydrogen-bond donors (Lipinski definition) is 2. The van der Waals surface area contributed by atoms with Crippen LogP contribution in [0.3, 0.4) is 0 Å². The van der Waals surface area contributed by atoms with Gasteiger partial charge in [0.2, 0.25) is 0 Å². The van der Waals surface area contributed by atoms with Gasteiger partial charge >= 0.3 is 0 Å². The number of nitrogens with two attached hydrogens (primary N) is 1. The maximum atomic E-state index is 14.8. The molecule has 182 valence electrons. The smallest absolute Gasteiger partial charge is 0.266 e. The van der Waals surface area contributed by atoms with Gasteiger partial charge in [-0.3, -0.25) is 4.90 Å². The molecule has 0 radical (unpaired) electrons. The second-order valence-electron chi connectivity index (χ2n) is 8.37. The van der Waals surface area contributed by atoms with Gasteiger partial charge in [-0.25, -0.2) is 23.1 Å². The van der Waals surface area contributed by atoms with Crippen LogP contribution in [-0.2, 0) is 11.3 Å². The van der Waals surface area contributed by atoms with Gasteiger partial charge < -0.3 is 20.5 Å². The topological polar surface area (TPSA) is 85.5 Å². The zero-order valence-electron chi connectivity index (χ0n) is 19.4. The lowest BCUT2D eigenvalue weighted by Crippen LogP contribution is -2.35. The molecule has 1 fully saturated rings. The van der Waals surface area contributed by atoms with E-state index in [1.807, 2.05) is 12.1 Å². The number of benzene rings is 2. The fourth-order valence-corrected chi connectivity index (χ4v) is 4.19. The SMILES string of the molecule is COc1cc2c(NC(C)c3cc(N)cc(C(F)F)c3F)nc(C)nc2cc1CN1CCOCC1. The van der Waals surface area contributed by atoms with Gasteiger partial charge in [0, 0.05) is 41.8 Å². The van der Waals surface area contributed by atoms with Crippen LogP contribution in [-0.4, -0.2) is 48.3 Å². The maximum absolute atomic E-state index is 14.8. The van der Waals surface area contributed by atoms with Crippen LogP contribution in [0, 0.1) is 12.7 Å². The van der Waals surface area contributed by atoms with Gasteiger partial charge in [0.25, 0.3) is 6.43 Å². The number of aromatic nitrogens is 2. The van der Waals surface area contributed by atoms with Crippen LogP contribution in [0.1, 0.15) is 41.9 Å². The molecule has 3 aromatic rings. The van der Waals surface area contributed by atoms with E-state index in [0.717, 1.165) is 24.7 Å². The molecule has 2 aromatic carbocycles. The van der Waals surface area contributed by atoms with E-state index in [0.29, 0.717) is 48.1 Å². The Bertz CT molecular complexity index is 1190. The van der Waals surface area contributed by atoms with Crippen molar-refractivity contribution >= 4 is 22.4 Å². The van der Waals surface area contributed by atoms with Crippen LogP contribution in [0.4, 0.5) is 24.7 Å². The summed E-state index contributed by atoms with van der Waals surface area (Å²) < 4.78 is 52.4. The number of rotatable bonds is 7. The number of morpholine rings is 1. The average Bonchev–Trinajstić information content (AvgIpc) is 2.80. The van der Waals surface area contributed by atoms with Crippen molar-refractivity contribution in [2.24, 2.45) is 0 Å². The minimum Gasteiger partial charge on any atom is -0.496 e. The Labute approximate surface area is 196 Å². The Morgan fingerprint density at radius 1 is 1.15 bits per heavy atom. The second-order valence-corrected chi connectivity index (χ2v) is 8.37. The molecule has 7 nitrogen and oxygen atoms in total. The minimum absolute atomic E-state index is 0.0376. The van der Waals surface area contributed by atoms with E-state index in [9.17, 15) is 13.2 Å². The van der Waals surface area contributed by atoms with Crippen LogP contribution < -0.4 is 15.8 Å². The Kier molecular flexibility index (Phi) is 7.08. The van der Waals surface area contributed by atoms with E-state index in [2.05, 4.69) is 20.2 Å². The molecule has 3 N–H and O–H groups in total. The number of alkyl halides is 2. The van der Waals surface area contributed by atoms with Gasteiger partial charge in [-0.05, 0) is 38.1 Å². The van der Waals surface area contributed by atoms with Crippen LogP contribution in [0.25, 0.3) is 10.9 Å². The zero-order valence-corrected chi connectivity index (χ0v) is 19.4. The predicted molar refractivity (Wildman–Crippen MR) is 125 cm³/mol. The summed E-state index contributed by atoms with van der Waals surface area (Å²) >= 11 is 0. The fourth-order valence-electron chi connectivity index (χ4n) is 4.19. The molecule has 1 unspecified atom stereocenters. The lowest BCUT2D eigenvalue weighted by Gasteiger charge is -2.27. The van der Waals surface area contributed by atoms with E-state index in [4.69, 9.17) is 15.2 Å². The molecule has 1 saturated heterocycles. The summed E-state index contributed by atoms with van der Waals surface area (Å²) in [5, 5.41) is 3.83. The summed E-state index contributed by atoms with van der Waals surface area (Å²) in [4.78, 5) is 11.3. The molecule has 0 amide bonds. The first-order chi connectivity index (χ1) is 16.3. The molecule has 0 spiro atoms. The summed E-state index contributed by atoms with van der Waals surface area (Å²) in [7, 11) is 1.60. The molecule has 1 aromatic heterocycles. The highest BCUT2D eigenvalue weighted by Crippen LogP contribution is 2.34. The Balaban J connectivity index is 1.70. The number of nitrogen functional groups attached to an aromatic ring is 1. The Hall–Kier alpha value is -3.11. The summed E-state index contributed by atoms with van der Waals surface area (Å²) in [6.45, 7) is 7.17. The highest BCUT2D eigenvalue weighted by atomic mass is 19.3. The molecule has 4 rings (SSSR count). The molecule has 1 atom stereocenters. The molecule has 2 heterocycles. The van der Waals surface area contributed by atoms with E-state index < -0.39 is 23.8 Å². The average molecular weight is 476 g/mol. The maximum Gasteiger partial charge on any atom is 0.266 e. The number of nitrogens with one attached hydrogen (secondary N) is 1. The lowest BCUT2D eigenvalue weighted by molar-refractivity contribution is 0.0339. The van der Waals surface area contributed by atoms with Gasteiger partial charge in [-0.15, -0.1) is 0 Å². The monoisotopic (exact) mass is 475 g/mol. The molecule has 0 aliphatic carbocycles. The number of methoxy groups -OCH3 is 1. The van der Waals surface area contributed by atoms with E-state index in [1.54, 1.807) is 21.0 Å². The van der Waals surface area contributed by atoms with Crippen molar-refractivity contribution in [1.29, 1.82) is 0 Å². The number of aryl methyl sites for hydroxylation is 1. The quantitative estimate of drug-likeness (QED) is 0.483. The first-order valence-corrected chi connectivity index (χ1v) is 11.1. The fraction of sp³-hybridized carbons (Fsp3) is 0.417.